The van der Waals surface area contributed by atoms with E-state index in [0.29, 0.717) is 5.69 Å². The standard InChI is InChI=1S/C18H17N5O2S/c24-23(25)15-6-7-16(20-17(15)14-4-2-1-3-5-14)21-9-11-22(12-10-21)18-19-8-13-26-18/h1-8,13H,9-12H2. The second kappa shape index (κ2) is 7.09. The summed E-state index contributed by atoms with van der Waals surface area (Å²) in [5.41, 5.74) is 1.19. The average molecular weight is 367 g/mol. The molecule has 132 valence electrons. The zero-order valence-electron chi connectivity index (χ0n) is 14.0. The molecule has 1 aliphatic rings. The topological polar surface area (TPSA) is 75.4 Å². The summed E-state index contributed by atoms with van der Waals surface area (Å²) < 4.78 is 0. The molecule has 0 bridgehead atoms. The van der Waals surface area contributed by atoms with Gasteiger partial charge in [0.25, 0.3) is 5.69 Å². The fraction of sp³-hybridized carbons (Fsp3) is 0.222. The van der Waals surface area contributed by atoms with E-state index in [1.165, 1.54) is 0 Å². The first kappa shape index (κ1) is 16.5. The molecule has 0 atom stereocenters. The molecular formula is C18H17N5O2S. The number of pyridine rings is 1. The summed E-state index contributed by atoms with van der Waals surface area (Å²) in [7, 11) is 0. The third-order valence-electron chi connectivity index (χ3n) is 4.40. The minimum absolute atomic E-state index is 0.0290. The Balaban J connectivity index is 1.59. The fourth-order valence-electron chi connectivity index (χ4n) is 3.07. The quantitative estimate of drug-likeness (QED) is 0.519. The molecule has 4 rings (SSSR count). The molecule has 0 aliphatic carbocycles. The van der Waals surface area contributed by atoms with Crippen LogP contribution in [0.15, 0.2) is 54.0 Å². The summed E-state index contributed by atoms with van der Waals surface area (Å²) >= 11 is 1.64. The van der Waals surface area contributed by atoms with Crippen LogP contribution in [0.5, 0.6) is 0 Å². The van der Waals surface area contributed by atoms with Gasteiger partial charge in [-0.15, -0.1) is 11.3 Å². The molecular weight excluding hydrogens is 350 g/mol. The van der Waals surface area contributed by atoms with Crippen molar-refractivity contribution in [3.63, 3.8) is 0 Å². The number of benzene rings is 1. The molecule has 7 nitrogen and oxygen atoms in total. The lowest BCUT2D eigenvalue weighted by molar-refractivity contribution is -0.384. The van der Waals surface area contributed by atoms with Crippen LogP contribution in [0.2, 0.25) is 0 Å². The lowest BCUT2D eigenvalue weighted by atomic mass is 10.1. The van der Waals surface area contributed by atoms with Gasteiger partial charge in [-0.25, -0.2) is 9.97 Å². The molecule has 1 aromatic carbocycles. The first-order valence-corrected chi connectivity index (χ1v) is 9.20. The summed E-state index contributed by atoms with van der Waals surface area (Å²) in [4.78, 5) is 24.4. The largest absolute Gasteiger partial charge is 0.353 e. The summed E-state index contributed by atoms with van der Waals surface area (Å²) in [6, 6.07) is 12.6. The zero-order chi connectivity index (χ0) is 17.9. The summed E-state index contributed by atoms with van der Waals surface area (Å²) in [5.74, 6) is 0.772. The van der Waals surface area contributed by atoms with Gasteiger partial charge in [-0.3, -0.25) is 10.1 Å². The Morgan fingerprint density at radius 2 is 1.73 bits per heavy atom. The van der Waals surface area contributed by atoms with Crippen LogP contribution in [0.25, 0.3) is 11.3 Å². The number of anilines is 2. The van der Waals surface area contributed by atoms with E-state index in [4.69, 9.17) is 0 Å². The molecule has 0 spiro atoms. The summed E-state index contributed by atoms with van der Waals surface area (Å²) in [6.07, 6.45) is 1.82. The number of rotatable bonds is 4. The molecule has 0 unspecified atom stereocenters. The molecule has 3 aromatic rings. The number of piperazine rings is 1. The molecule has 26 heavy (non-hydrogen) atoms. The Morgan fingerprint density at radius 3 is 2.38 bits per heavy atom. The Bertz CT molecular complexity index is 893. The lowest BCUT2D eigenvalue weighted by Gasteiger charge is -2.35. The number of nitrogens with zero attached hydrogens (tertiary/aromatic N) is 5. The van der Waals surface area contributed by atoms with E-state index in [0.717, 1.165) is 42.7 Å². The zero-order valence-corrected chi connectivity index (χ0v) is 14.8. The van der Waals surface area contributed by atoms with Crippen molar-refractivity contribution in [2.24, 2.45) is 0 Å². The SMILES string of the molecule is O=[N+]([O-])c1ccc(N2CCN(c3nccs3)CC2)nc1-c1ccccc1. The van der Waals surface area contributed by atoms with Crippen molar-refractivity contribution >= 4 is 28.0 Å². The maximum atomic E-state index is 11.4. The molecule has 1 aliphatic heterocycles. The van der Waals surface area contributed by atoms with Gasteiger partial charge in [-0.05, 0) is 6.07 Å². The Hall–Kier alpha value is -3.00. The van der Waals surface area contributed by atoms with Crippen LogP contribution in [0.4, 0.5) is 16.6 Å². The minimum Gasteiger partial charge on any atom is -0.353 e. The predicted molar refractivity (Wildman–Crippen MR) is 103 cm³/mol. The number of hydrogen-bond acceptors (Lipinski definition) is 7. The van der Waals surface area contributed by atoms with Crippen molar-refractivity contribution in [3.05, 3.63) is 64.2 Å². The van der Waals surface area contributed by atoms with Gasteiger partial charge in [0.15, 0.2) is 10.8 Å². The van der Waals surface area contributed by atoms with Crippen LogP contribution >= 0.6 is 11.3 Å². The minimum atomic E-state index is -0.375. The maximum absolute atomic E-state index is 11.4. The Kier molecular flexibility index (Phi) is 4.49. The van der Waals surface area contributed by atoms with Gasteiger partial charge in [0.2, 0.25) is 0 Å². The van der Waals surface area contributed by atoms with Crippen molar-refractivity contribution < 1.29 is 4.92 Å². The van der Waals surface area contributed by atoms with Gasteiger partial charge in [0.05, 0.1) is 4.92 Å². The van der Waals surface area contributed by atoms with Crippen LogP contribution in [-0.4, -0.2) is 41.1 Å². The molecule has 0 saturated carbocycles. The summed E-state index contributed by atoms with van der Waals surface area (Å²) in [5, 5.41) is 14.4. The molecule has 0 radical (unpaired) electrons. The molecule has 0 amide bonds. The van der Waals surface area contributed by atoms with Gasteiger partial charge in [0.1, 0.15) is 5.82 Å². The molecule has 2 aromatic heterocycles. The number of aromatic nitrogens is 2. The van der Waals surface area contributed by atoms with Gasteiger partial charge in [-0.1, -0.05) is 30.3 Å². The number of thiazole rings is 1. The van der Waals surface area contributed by atoms with Gasteiger partial charge in [-0.2, -0.15) is 0 Å². The van der Waals surface area contributed by atoms with Gasteiger partial charge >= 0.3 is 0 Å². The van der Waals surface area contributed by atoms with Crippen molar-refractivity contribution in [1.82, 2.24) is 9.97 Å². The average Bonchev–Trinajstić information content (AvgIpc) is 3.23. The van der Waals surface area contributed by atoms with E-state index in [2.05, 4.69) is 19.8 Å². The Morgan fingerprint density at radius 1 is 1.00 bits per heavy atom. The number of hydrogen-bond donors (Lipinski definition) is 0. The van der Waals surface area contributed by atoms with Crippen LogP contribution in [0.1, 0.15) is 0 Å². The highest BCUT2D eigenvalue weighted by Gasteiger charge is 2.23. The maximum Gasteiger partial charge on any atom is 0.295 e. The highest BCUT2D eigenvalue weighted by Crippen LogP contribution is 2.31. The molecule has 1 saturated heterocycles. The fourth-order valence-corrected chi connectivity index (χ4v) is 3.77. The van der Waals surface area contributed by atoms with Crippen LogP contribution in [0.3, 0.4) is 0 Å². The van der Waals surface area contributed by atoms with Gasteiger partial charge < -0.3 is 9.80 Å². The summed E-state index contributed by atoms with van der Waals surface area (Å²) in [6.45, 7) is 3.32. The second-order valence-electron chi connectivity index (χ2n) is 5.95. The van der Waals surface area contributed by atoms with E-state index in [9.17, 15) is 10.1 Å². The molecule has 8 heteroatoms. The smallest absolute Gasteiger partial charge is 0.295 e. The highest BCUT2D eigenvalue weighted by atomic mass is 32.1. The lowest BCUT2D eigenvalue weighted by Crippen LogP contribution is -2.46. The van der Waals surface area contributed by atoms with E-state index in [1.807, 2.05) is 41.9 Å². The third-order valence-corrected chi connectivity index (χ3v) is 5.23. The van der Waals surface area contributed by atoms with Crippen LogP contribution < -0.4 is 9.80 Å². The van der Waals surface area contributed by atoms with E-state index in [-0.39, 0.29) is 10.6 Å². The Labute approximate surface area is 154 Å². The van der Waals surface area contributed by atoms with Crippen molar-refractivity contribution in [1.29, 1.82) is 0 Å². The second-order valence-corrected chi connectivity index (χ2v) is 6.82. The third kappa shape index (κ3) is 3.23. The molecule has 1 fully saturated rings. The van der Waals surface area contributed by atoms with Crippen molar-refractivity contribution in [2.75, 3.05) is 36.0 Å². The monoisotopic (exact) mass is 367 g/mol. The molecule has 0 N–H and O–H groups in total. The van der Waals surface area contributed by atoms with Gasteiger partial charge in [0, 0.05) is 49.4 Å². The first-order chi connectivity index (χ1) is 12.7. The number of nitro groups is 1. The highest BCUT2D eigenvalue weighted by molar-refractivity contribution is 7.13. The molecule has 3 heterocycles. The van der Waals surface area contributed by atoms with E-state index in [1.54, 1.807) is 23.5 Å². The van der Waals surface area contributed by atoms with E-state index >= 15 is 0 Å². The predicted octanol–water partition coefficient (Wildman–Crippen LogP) is 3.44. The van der Waals surface area contributed by atoms with Crippen molar-refractivity contribution in [3.8, 4) is 11.3 Å². The first-order valence-electron chi connectivity index (χ1n) is 8.32. The van der Waals surface area contributed by atoms with Crippen LogP contribution in [0, 0.1) is 10.1 Å². The normalized spacial score (nSPS) is 14.5. The van der Waals surface area contributed by atoms with E-state index < -0.39 is 0 Å². The van der Waals surface area contributed by atoms with Crippen LogP contribution in [-0.2, 0) is 0 Å². The van der Waals surface area contributed by atoms with Crippen molar-refractivity contribution in [2.45, 2.75) is 0 Å².